The summed E-state index contributed by atoms with van der Waals surface area (Å²) in [6.07, 6.45) is 29.1. The van der Waals surface area contributed by atoms with Crippen molar-refractivity contribution >= 4 is 15.3 Å². The van der Waals surface area contributed by atoms with Crippen LogP contribution in [0.2, 0.25) is 6.04 Å². The van der Waals surface area contributed by atoms with Crippen molar-refractivity contribution < 1.29 is 13.6 Å². The van der Waals surface area contributed by atoms with Crippen molar-refractivity contribution in [2.24, 2.45) is 0 Å². The van der Waals surface area contributed by atoms with Gasteiger partial charge in [-0.05, 0) is 25.3 Å². The van der Waals surface area contributed by atoms with E-state index in [-0.39, 0.29) is 5.97 Å². The van der Waals surface area contributed by atoms with E-state index in [1.807, 2.05) is 0 Å². The number of rotatable bonds is 21. The minimum Gasteiger partial charge on any atom is -0.497 e. The van der Waals surface area contributed by atoms with Gasteiger partial charge >= 0.3 is 9.28 Å². The van der Waals surface area contributed by atoms with Gasteiger partial charge in [-0.25, -0.2) is 0 Å². The lowest BCUT2D eigenvalue weighted by Gasteiger charge is -2.20. The van der Waals surface area contributed by atoms with E-state index < -0.39 is 9.28 Å². The highest BCUT2D eigenvalue weighted by Gasteiger charge is 2.21. The zero-order valence-corrected chi connectivity index (χ0v) is 21.4. The first kappa shape index (κ1) is 27.7. The predicted octanol–water partition coefficient (Wildman–Crippen LogP) is 8.38. The summed E-state index contributed by atoms with van der Waals surface area (Å²) >= 11 is 0. The number of carbonyl (C=O) groups excluding carboxylic acids is 1. The minimum atomic E-state index is -1.63. The normalized spacial score (nSPS) is 16.6. The number of hydrogen-bond acceptors (Lipinski definition) is 3. The van der Waals surface area contributed by atoms with Gasteiger partial charge in [0.25, 0.3) is 5.97 Å². The molecule has 1 atom stereocenters. The van der Waals surface area contributed by atoms with Crippen LogP contribution in [-0.4, -0.2) is 21.9 Å². The first-order valence-electron chi connectivity index (χ1n) is 13.6. The fourth-order valence-electron chi connectivity index (χ4n) is 4.36. The van der Waals surface area contributed by atoms with Gasteiger partial charge in [0.15, 0.2) is 0 Å². The summed E-state index contributed by atoms with van der Waals surface area (Å²) in [6, 6.07) is 1.00. The quantitative estimate of drug-likeness (QED) is 0.133. The molecule has 4 heteroatoms. The molecule has 0 radical (unpaired) electrons. The van der Waals surface area contributed by atoms with Crippen LogP contribution in [0.25, 0.3) is 0 Å². The van der Waals surface area contributed by atoms with Crippen LogP contribution in [0.4, 0.5) is 0 Å². The summed E-state index contributed by atoms with van der Waals surface area (Å²) in [6.45, 7) is 3.09. The number of hydrogen-bond donors (Lipinski definition) is 0. The van der Waals surface area contributed by atoms with Crippen molar-refractivity contribution in [1.29, 1.82) is 0 Å². The van der Waals surface area contributed by atoms with Gasteiger partial charge < -0.3 is 8.85 Å². The zero-order valence-electron chi connectivity index (χ0n) is 20.3. The van der Waals surface area contributed by atoms with E-state index in [0.29, 0.717) is 6.42 Å². The standard InChI is InChI=1S/C26H52O3Si/c1-2-3-4-5-6-7-8-9-10-11-12-13-14-15-16-17-18-19-20-23-26(27)29-30-25-22-21-24-28-30/h30H,2-25H2,1H3. The van der Waals surface area contributed by atoms with E-state index in [0.717, 1.165) is 25.5 Å². The highest BCUT2D eigenvalue weighted by molar-refractivity contribution is 6.46. The SMILES string of the molecule is CCCCCCCCCCCCCCCCCCCCCC(=O)O[SiH]1CCCCO1. The monoisotopic (exact) mass is 440 g/mol. The fourth-order valence-corrected chi connectivity index (χ4v) is 6.17. The van der Waals surface area contributed by atoms with Gasteiger partial charge in [-0.15, -0.1) is 0 Å². The number of unbranched alkanes of at least 4 members (excludes halogenated alkanes) is 18. The third-order valence-corrected chi connectivity index (χ3v) is 8.40. The van der Waals surface area contributed by atoms with Crippen LogP contribution in [0.3, 0.4) is 0 Å². The minimum absolute atomic E-state index is 0.0134. The molecule has 0 bridgehead atoms. The van der Waals surface area contributed by atoms with Crippen LogP contribution in [0, 0.1) is 0 Å². The Hall–Kier alpha value is -0.353. The van der Waals surface area contributed by atoms with Crippen LogP contribution in [0.15, 0.2) is 0 Å². The van der Waals surface area contributed by atoms with Crippen LogP contribution in [-0.2, 0) is 13.6 Å². The molecule has 178 valence electrons. The third-order valence-electron chi connectivity index (χ3n) is 6.39. The molecular formula is C26H52O3Si. The molecule has 1 unspecified atom stereocenters. The second kappa shape index (κ2) is 21.9. The molecule has 1 rings (SSSR count). The van der Waals surface area contributed by atoms with Crippen molar-refractivity contribution in [3.05, 3.63) is 0 Å². The molecule has 0 aliphatic carbocycles. The van der Waals surface area contributed by atoms with E-state index in [2.05, 4.69) is 6.92 Å². The lowest BCUT2D eigenvalue weighted by molar-refractivity contribution is -0.136. The summed E-state index contributed by atoms with van der Waals surface area (Å²) in [4.78, 5) is 11.8. The van der Waals surface area contributed by atoms with E-state index in [1.54, 1.807) is 0 Å². The van der Waals surface area contributed by atoms with Crippen molar-refractivity contribution in [1.82, 2.24) is 0 Å². The first-order chi connectivity index (χ1) is 14.8. The van der Waals surface area contributed by atoms with Gasteiger partial charge in [0.1, 0.15) is 0 Å². The molecule has 0 aromatic carbocycles. The van der Waals surface area contributed by atoms with Crippen LogP contribution < -0.4 is 0 Å². The third kappa shape index (κ3) is 18.4. The summed E-state index contributed by atoms with van der Waals surface area (Å²) < 4.78 is 11.1. The van der Waals surface area contributed by atoms with Gasteiger partial charge in [0.05, 0.1) is 0 Å². The van der Waals surface area contributed by atoms with Gasteiger partial charge in [-0.2, -0.15) is 0 Å². The second-order valence-electron chi connectivity index (χ2n) is 9.40. The van der Waals surface area contributed by atoms with E-state index in [9.17, 15) is 4.79 Å². The maximum absolute atomic E-state index is 11.8. The Morgan fingerprint density at radius 3 is 1.50 bits per heavy atom. The molecule has 0 saturated carbocycles. The molecule has 1 fully saturated rings. The maximum Gasteiger partial charge on any atom is 0.385 e. The molecule has 0 aromatic rings. The molecule has 0 amide bonds. The molecule has 30 heavy (non-hydrogen) atoms. The zero-order chi connectivity index (χ0) is 21.5. The van der Waals surface area contributed by atoms with Crippen molar-refractivity contribution in [2.45, 2.75) is 154 Å². The first-order valence-corrected chi connectivity index (χ1v) is 15.4. The summed E-state index contributed by atoms with van der Waals surface area (Å²) in [5.74, 6) is -0.0134. The maximum atomic E-state index is 11.8. The van der Waals surface area contributed by atoms with Crippen LogP contribution in [0.5, 0.6) is 0 Å². The Balaban J connectivity index is 1.69. The van der Waals surface area contributed by atoms with Gasteiger partial charge in [0.2, 0.25) is 0 Å². The lowest BCUT2D eigenvalue weighted by atomic mass is 10.0. The molecule has 1 aliphatic rings. The molecule has 1 aliphatic heterocycles. The lowest BCUT2D eigenvalue weighted by Crippen LogP contribution is -2.29. The predicted molar refractivity (Wildman–Crippen MR) is 131 cm³/mol. The molecule has 1 saturated heterocycles. The molecule has 1 heterocycles. The van der Waals surface area contributed by atoms with Crippen molar-refractivity contribution in [3.8, 4) is 0 Å². The van der Waals surface area contributed by atoms with Gasteiger partial charge in [-0.3, -0.25) is 4.79 Å². The van der Waals surface area contributed by atoms with Crippen LogP contribution >= 0.6 is 0 Å². The largest absolute Gasteiger partial charge is 0.497 e. The highest BCUT2D eigenvalue weighted by Crippen LogP contribution is 2.16. The molecule has 3 nitrogen and oxygen atoms in total. The second-order valence-corrected chi connectivity index (χ2v) is 11.4. The average Bonchev–Trinajstić information content (AvgIpc) is 2.76. The molecule has 0 spiro atoms. The fraction of sp³-hybridized carbons (Fsp3) is 0.962. The van der Waals surface area contributed by atoms with E-state index >= 15 is 0 Å². The van der Waals surface area contributed by atoms with Gasteiger partial charge in [0, 0.05) is 13.0 Å². The summed E-state index contributed by atoms with van der Waals surface area (Å²) in [5.41, 5.74) is 0. The Labute approximate surface area is 189 Å². The molecule has 0 aromatic heterocycles. The Bertz CT molecular complexity index is 369. The topological polar surface area (TPSA) is 35.5 Å². The van der Waals surface area contributed by atoms with E-state index in [4.69, 9.17) is 8.85 Å². The molecular weight excluding hydrogens is 388 g/mol. The molecule has 0 N–H and O–H groups in total. The highest BCUT2D eigenvalue weighted by atomic mass is 28.3. The Kier molecular flexibility index (Phi) is 20.2. The van der Waals surface area contributed by atoms with E-state index in [1.165, 1.54) is 122 Å². The Morgan fingerprint density at radius 1 is 0.667 bits per heavy atom. The number of carbonyl (C=O) groups is 1. The summed E-state index contributed by atoms with van der Waals surface area (Å²) in [7, 11) is -1.63. The average molecular weight is 441 g/mol. The van der Waals surface area contributed by atoms with Gasteiger partial charge in [-0.1, -0.05) is 122 Å². The smallest absolute Gasteiger partial charge is 0.385 e. The van der Waals surface area contributed by atoms with Crippen LogP contribution in [0.1, 0.15) is 148 Å². The van der Waals surface area contributed by atoms with Crippen molar-refractivity contribution in [2.75, 3.05) is 6.61 Å². The van der Waals surface area contributed by atoms with Crippen molar-refractivity contribution in [3.63, 3.8) is 0 Å². The Morgan fingerprint density at radius 2 is 1.10 bits per heavy atom. The summed E-state index contributed by atoms with van der Waals surface area (Å²) in [5, 5.41) is 0.